The zero-order valence-corrected chi connectivity index (χ0v) is 7.52. The van der Waals surface area contributed by atoms with E-state index in [1.165, 1.54) is 17.7 Å². The predicted molar refractivity (Wildman–Crippen MR) is 49.3 cm³/mol. The molecule has 0 heterocycles. The van der Waals surface area contributed by atoms with Crippen LogP contribution in [-0.2, 0) is 4.79 Å². The molecule has 0 radical (unpaired) electrons. The van der Waals surface area contributed by atoms with E-state index in [4.69, 9.17) is 5.02 Å². The highest BCUT2D eigenvalue weighted by atomic mass is 32.2. The summed E-state index contributed by atoms with van der Waals surface area (Å²) in [7, 11) is -0.848. The molecule has 2 N–H and O–H groups in total. The smallest absolute Gasteiger partial charge is 0.429 e. The van der Waals surface area contributed by atoms with Crippen molar-refractivity contribution in [3.63, 3.8) is 0 Å². The Hall–Kier alpha value is -0.415. The number of thioether (sulfide) groups is 1. The van der Waals surface area contributed by atoms with Crippen molar-refractivity contribution in [3.05, 3.63) is 12.1 Å². The van der Waals surface area contributed by atoms with E-state index >= 15 is 0 Å². The third-order valence-corrected chi connectivity index (χ3v) is 1.51. The number of allylic oxidation sites excluding steroid dienone is 1. The average molecular weight is 173 g/mol. The molecule has 0 bridgehead atoms. The summed E-state index contributed by atoms with van der Waals surface area (Å²) < 4.78 is 0. The molecule has 0 aliphatic rings. The van der Waals surface area contributed by atoms with Crippen LogP contribution in [0, 0.1) is 0 Å². The summed E-state index contributed by atoms with van der Waals surface area (Å²) in [6.45, 7) is 1.78. The summed E-state index contributed by atoms with van der Waals surface area (Å²) in [6, 6.07) is 0. The van der Waals surface area contributed by atoms with E-state index < -0.39 is 7.05 Å². The molecule has 0 aromatic heterocycles. The molecule has 0 saturated heterocycles. The van der Waals surface area contributed by atoms with Crippen LogP contribution >= 0.6 is 11.8 Å². The standard InChI is InChI=1S/C6H12BNO2S/c1-3-4-7(10)8-6(9)5-11-2/h3-4,10H,5H2,1-2H3,(H,8,9)/b4-3+. The van der Waals surface area contributed by atoms with Gasteiger partial charge in [0.2, 0.25) is 5.91 Å². The van der Waals surface area contributed by atoms with Crippen molar-refractivity contribution in [2.75, 3.05) is 12.0 Å². The highest BCUT2D eigenvalue weighted by molar-refractivity contribution is 7.99. The fourth-order valence-electron chi connectivity index (χ4n) is 0.568. The van der Waals surface area contributed by atoms with E-state index in [1.54, 1.807) is 13.0 Å². The zero-order chi connectivity index (χ0) is 8.69. The lowest BCUT2D eigenvalue weighted by Crippen LogP contribution is -2.38. The molecule has 5 heteroatoms. The summed E-state index contributed by atoms with van der Waals surface area (Å²) >= 11 is 1.42. The predicted octanol–water partition coefficient (Wildman–Crippen LogP) is 0.0614. The topological polar surface area (TPSA) is 49.3 Å². The maximum atomic E-state index is 10.8. The van der Waals surface area contributed by atoms with Gasteiger partial charge in [-0.3, -0.25) is 4.79 Å². The Morgan fingerprint density at radius 2 is 2.45 bits per heavy atom. The van der Waals surface area contributed by atoms with Gasteiger partial charge in [0, 0.05) is 0 Å². The van der Waals surface area contributed by atoms with Gasteiger partial charge >= 0.3 is 7.05 Å². The molecule has 0 rings (SSSR count). The van der Waals surface area contributed by atoms with Gasteiger partial charge in [0.05, 0.1) is 5.75 Å². The van der Waals surface area contributed by atoms with E-state index in [0.717, 1.165) is 0 Å². The van der Waals surface area contributed by atoms with Crippen LogP contribution in [0.4, 0.5) is 0 Å². The Kier molecular flexibility index (Phi) is 6.07. The molecule has 0 aliphatic carbocycles. The van der Waals surface area contributed by atoms with Crippen LogP contribution in [0.3, 0.4) is 0 Å². The molecular weight excluding hydrogens is 161 g/mol. The van der Waals surface area contributed by atoms with Crippen LogP contribution in [0.1, 0.15) is 6.92 Å². The average Bonchev–Trinajstić information content (AvgIpc) is 1.87. The number of hydrogen-bond acceptors (Lipinski definition) is 3. The van der Waals surface area contributed by atoms with Crippen molar-refractivity contribution < 1.29 is 9.82 Å². The third kappa shape index (κ3) is 6.00. The van der Waals surface area contributed by atoms with Crippen molar-refractivity contribution >= 4 is 24.7 Å². The van der Waals surface area contributed by atoms with Gasteiger partial charge in [-0.25, -0.2) is 0 Å². The summed E-state index contributed by atoms with van der Waals surface area (Å²) in [5.41, 5.74) is 0. The lowest BCUT2D eigenvalue weighted by Gasteiger charge is -2.02. The van der Waals surface area contributed by atoms with Crippen molar-refractivity contribution in [1.29, 1.82) is 0 Å². The largest absolute Gasteiger partial charge is 0.440 e. The number of carbonyl (C=O) groups excluding carboxylic acids is 1. The third-order valence-electron chi connectivity index (χ3n) is 0.959. The Morgan fingerprint density at radius 3 is 2.91 bits per heavy atom. The zero-order valence-electron chi connectivity index (χ0n) is 6.70. The van der Waals surface area contributed by atoms with E-state index in [9.17, 15) is 4.79 Å². The van der Waals surface area contributed by atoms with E-state index in [-0.39, 0.29) is 5.91 Å². The summed E-state index contributed by atoms with van der Waals surface area (Å²) in [4.78, 5) is 10.8. The molecule has 62 valence electrons. The normalized spacial score (nSPS) is 10.1. The van der Waals surface area contributed by atoms with Crippen molar-refractivity contribution in [1.82, 2.24) is 5.23 Å². The molecule has 3 nitrogen and oxygen atoms in total. The molecule has 0 aliphatic heterocycles. The Bertz CT molecular complexity index is 152. The van der Waals surface area contributed by atoms with Crippen molar-refractivity contribution in [2.45, 2.75) is 6.92 Å². The second-order valence-electron chi connectivity index (χ2n) is 1.97. The minimum Gasteiger partial charge on any atom is -0.429 e. The molecule has 0 atom stereocenters. The molecule has 11 heavy (non-hydrogen) atoms. The molecule has 0 aromatic rings. The van der Waals surface area contributed by atoms with Gasteiger partial charge in [-0.05, 0) is 13.2 Å². The van der Waals surface area contributed by atoms with Crippen molar-refractivity contribution in [3.8, 4) is 0 Å². The van der Waals surface area contributed by atoms with Crippen LogP contribution in [0.2, 0.25) is 0 Å². The first kappa shape index (κ1) is 10.6. The van der Waals surface area contributed by atoms with Crippen LogP contribution in [-0.4, -0.2) is 30.0 Å². The second-order valence-corrected chi connectivity index (χ2v) is 2.84. The second kappa shape index (κ2) is 6.31. The number of carbonyl (C=O) groups is 1. The van der Waals surface area contributed by atoms with Gasteiger partial charge < -0.3 is 10.3 Å². The van der Waals surface area contributed by atoms with Crippen molar-refractivity contribution in [2.24, 2.45) is 0 Å². The molecule has 1 amide bonds. The van der Waals surface area contributed by atoms with Crippen LogP contribution in [0.25, 0.3) is 0 Å². The highest BCUT2D eigenvalue weighted by Crippen LogP contribution is 1.89. The van der Waals surface area contributed by atoms with Crippen LogP contribution in [0.15, 0.2) is 12.1 Å². The summed E-state index contributed by atoms with van der Waals surface area (Å²) in [5.74, 6) is 1.75. The lowest BCUT2D eigenvalue weighted by molar-refractivity contribution is -0.117. The molecule has 0 spiro atoms. The van der Waals surface area contributed by atoms with Gasteiger partial charge in [-0.1, -0.05) is 12.1 Å². The van der Waals surface area contributed by atoms with E-state index in [0.29, 0.717) is 5.75 Å². The first-order chi connectivity index (χ1) is 5.20. The molecule has 0 unspecified atom stereocenters. The van der Waals surface area contributed by atoms with Crippen LogP contribution in [0.5, 0.6) is 0 Å². The molecule has 0 saturated carbocycles. The van der Waals surface area contributed by atoms with Gasteiger partial charge in [-0.2, -0.15) is 11.8 Å². The van der Waals surface area contributed by atoms with E-state index in [1.807, 2.05) is 6.26 Å². The maximum Gasteiger partial charge on any atom is 0.440 e. The maximum absolute atomic E-state index is 10.8. The minimum atomic E-state index is -0.848. The SMILES string of the molecule is C/C=C/B(O)NC(=O)CSC. The number of hydrogen-bond donors (Lipinski definition) is 2. The molecule has 0 fully saturated rings. The lowest BCUT2D eigenvalue weighted by atomic mass is 9.84. The fraction of sp³-hybridized carbons (Fsp3) is 0.500. The van der Waals surface area contributed by atoms with E-state index in [2.05, 4.69) is 5.23 Å². The monoisotopic (exact) mass is 173 g/mol. The summed E-state index contributed by atoms with van der Waals surface area (Å²) in [6.07, 6.45) is 3.52. The molecular formula is C6H12BNO2S. The quantitative estimate of drug-likeness (QED) is 0.591. The highest BCUT2D eigenvalue weighted by Gasteiger charge is 2.09. The van der Waals surface area contributed by atoms with Gasteiger partial charge in [0.1, 0.15) is 0 Å². The van der Waals surface area contributed by atoms with Gasteiger partial charge in [0.25, 0.3) is 0 Å². The number of nitrogens with one attached hydrogen (secondary N) is 1. The Balaban J connectivity index is 3.57. The number of rotatable bonds is 4. The Morgan fingerprint density at radius 1 is 1.82 bits per heavy atom. The van der Waals surface area contributed by atoms with Gasteiger partial charge in [0.15, 0.2) is 0 Å². The summed E-state index contributed by atoms with van der Waals surface area (Å²) in [5, 5.41) is 11.4. The van der Waals surface area contributed by atoms with Crippen LogP contribution < -0.4 is 5.23 Å². The fourth-order valence-corrected chi connectivity index (χ4v) is 0.914. The molecule has 0 aromatic carbocycles. The Labute approximate surface area is 71.4 Å². The first-order valence-electron chi connectivity index (χ1n) is 3.30. The first-order valence-corrected chi connectivity index (χ1v) is 4.69. The van der Waals surface area contributed by atoms with Gasteiger partial charge in [-0.15, -0.1) is 0 Å². The number of amides is 1. The minimum absolute atomic E-state index is 0.150.